The van der Waals surface area contributed by atoms with Crippen molar-refractivity contribution in [3.8, 4) is 5.75 Å². The zero-order valence-corrected chi connectivity index (χ0v) is 15.3. The Kier molecular flexibility index (Phi) is 4.44. The van der Waals surface area contributed by atoms with Gasteiger partial charge in [0.25, 0.3) is 11.5 Å². The standard InChI is InChI=1S/C22H22N2O3/c1-23-20-8-3-2-5-17(20)14-19(21(23)26)22(27)24-11-9-15(10-12-24)16-6-4-7-18(25)13-16/h2-8,13-15,25H,9-12H2,1H3. The number of carbonyl (C=O) groups is 1. The van der Waals surface area contributed by atoms with Crippen molar-refractivity contribution in [3.05, 3.63) is 76.1 Å². The minimum Gasteiger partial charge on any atom is -0.508 e. The van der Waals surface area contributed by atoms with Crippen LogP contribution >= 0.6 is 0 Å². The molecule has 5 heteroatoms. The molecular weight excluding hydrogens is 340 g/mol. The van der Waals surface area contributed by atoms with Crippen LogP contribution < -0.4 is 5.56 Å². The van der Waals surface area contributed by atoms with Crippen LogP contribution in [0.3, 0.4) is 0 Å². The summed E-state index contributed by atoms with van der Waals surface area (Å²) in [5.41, 5.74) is 1.89. The molecule has 2 heterocycles. The van der Waals surface area contributed by atoms with Crippen molar-refractivity contribution in [2.75, 3.05) is 13.1 Å². The Balaban J connectivity index is 1.56. The van der Waals surface area contributed by atoms with Crippen molar-refractivity contribution >= 4 is 16.8 Å². The van der Waals surface area contributed by atoms with E-state index in [1.165, 1.54) is 0 Å². The van der Waals surface area contributed by atoms with E-state index in [-0.39, 0.29) is 22.8 Å². The number of phenolic OH excluding ortho intramolecular Hbond substituents is 1. The normalized spacial score (nSPS) is 15.2. The number of carbonyl (C=O) groups excluding carboxylic acids is 1. The van der Waals surface area contributed by atoms with Crippen molar-refractivity contribution in [3.63, 3.8) is 0 Å². The van der Waals surface area contributed by atoms with E-state index in [1.807, 2.05) is 36.4 Å². The fraction of sp³-hybridized carbons (Fsp3) is 0.273. The molecule has 0 atom stereocenters. The summed E-state index contributed by atoms with van der Waals surface area (Å²) in [6.45, 7) is 1.21. The first-order valence-corrected chi connectivity index (χ1v) is 9.21. The van der Waals surface area contributed by atoms with Gasteiger partial charge in [-0.05, 0) is 54.0 Å². The number of nitrogens with zero attached hydrogens (tertiary/aromatic N) is 2. The van der Waals surface area contributed by atoms with Crippen molar-refractivity contribution in [2.45, 2.75) is 18.8 Å². The molecule has 0 aliphatic carbocycles. The molecule has 27 heavy (non-hydrogen) atoms. The van der Waals surface area contributed by atoms with E-state index < -0.39 is 0 Å². The van der Waals surface area contributed by atoms with Gasteiger partial charge in [-0.2, -0.15) is 0 Å². The summed E-state index contributed by atoms with van der Waals surface area (Å²) in [4.78, 5) is 27.4. The number of fused-ring (bicyclic) bond motifs is 1. The van der Waals surface area contributed by atoms with Crippen LogP contribution in [0.2, 0.25) is 0 Å². The van der Waals surface area contributed by atoms with E-state index in [0.717, 1.165) is 29.3 Å². The minimum absolute atomic E-state index is 0.198. The third-order valence-corrected chi connectivity index (χ3v) is 5.49. The largest absolute Gasteiger partial charge is 0.508 e. The zero-order valence-electron chi connectivity index (χ0n) is 15.3. The second kappa shape index (κ2) is 6.91. The van der Waals surface area contributed by atoms with E-state index in [2.05, 4.69) is 0 Å². The maximum absolute atomic E-state index is 13.0. The molecule has 0 unspecified atom stereocenters. The maximum atomic E-state index is 13.0. The molecule has 1 aromatic heterocycles. The number of aryl methyl sites for hydroxylation is 1. The fourth-order valence-electron chi connectivity index (χ4n) is 3.94. The Morgan fingerprint density at radius 1 is 1.04 bits per heavy atom. The Morgan fingerprint density at radius 2 is 1.78 bits per heavy atom. The van der Waals surface area contributed by atoms with Gasteiger partial charge in [0.05, 0.1) is 5.52 Å². The topological polar surface area (TPSA) is 62.5 Å². The molecule has 138 valence electrons. The Bertz CT molecular complexity index is 1060. The van der Waals surface area contributed by atoms with E-state index in [4.69, 9.17) is 0 Å². The highest BCUT2D eigenvalue weighted by Gasteiger charge is 2.26. The first-order chi connectivity index (χ1) is 13.0. The molecule has 5 nitrogen and oxygen atoms in total. The fourth-order valence-corrected chi connectivity index (χ4v) is 3.94. The lowest BCUT2D eigenvalue weighted by Gasteiger charge is -2.32. The number of rotatable bonds is 2. The highest BCUT2D eigenvalue weighted by atomic mass is 16.3. The van der Waals surface area contributed by atoms with E-state index in [0.29, 0.717) is 19.0 Å². The summed E-state index contributed by atoms with van der Waals surface area (Å²) in [7, 11) is 1.70. The molecule has 1 fully saturated rings. The van der Waals surface area contributed by atoms with Crippen LogP contribution in [0.4, 0.5) is 0 Å². The zero-order chi connectivity index (χ0) is 19.0. The molecule has 2 aromatic carbocycles. The van der Waals surface area contributed by atoms with Gasteiger partial charge in [0.15, 0.2) is 0 Å². The molecule has 1 aliphatic rings. The maximum Gasteiger partial charge on any atom is 0.263 e. The third kappa shape index (κ3) is 3.21. The minimum atomic E-state index is -0.256. The second-order valence-electron chi connectivity index (χ2n) is 7.14. The molecule has 0 bridgehead atoms. The summed E-state index contributed by atoms with van der Waals surface area (Å²) in [6.07, 6.45) is 1.65. The van der Waals surface area contributed by atoms with Crippen molar-refractivity contribution in [1.29, 1.82) is 0 Å². The van der Waals surface area contributed by atoms with Gasteiger partial charge in [0.1, 0.15) is 11.3 Å². The number of phenols is 1. The average Bonchev–Trinajstić information content (AvgIpc) is 2.70. The van der Waals surface area contributed by atoms with Crippen LogP contribution in [0.15, 0.2) is 59.4 Å². The smallest absolute Gasteiger partial charge is 0.263 e. The van der Waals surface area contributed by atoms with Gasteiger partial charge in [-0.3, -0.25) is 9.59 Å². The number of piperidine rings is 1. The van der Waals surface area contributed by atoms with Crippen molar-refractivity contribution < 1.29 is 9.90 Å². The lowest BCUT2D eigenvalue weighted by Crippen LogP contribution is -2.41. The van der Waals surface area contributed by atoms with Gasteiger partial charge >= 0.3 is 0 Å². The molecule has 4 rings (SSSR count). The highest BCUT2D eigenvalue weighted by molar-refractivity contribution is 5.97. The lowest BCUT2D eigenvalue weighted by molar-refractivity contribution is 0.0711. The first-order valence-electron chi connectivity index (χ1n) is 9.21. The van der Waals surface area contributed by atoms with E-state index in [9.17, 15) is 14.7 Å². The van der Waals surface area contributed by atoms with Crippen LogP contribution in [0.25, 0.3) is 10.9 Å². The van der Waals surface area contributed by atoms with Crippen LogP contribution in [-0.2, 0) is 7.05 Å². The number of hydrogen-bond donors (Lipinski definition) is 1. The Hall–Kier alpha value is -3.08. The molecular formula is C22H22N2O3. The van der Waals surface area contributed by atoms with E-state index in [1.54, 1.807) is 34.7 Å². The number of aromatic hydroxyl groups is 1. The Labute approximate surface area is 157 Å². The SMILES string of the molecule is Cn1c(=O)c(C(=O)N2CCC(c3cccc(O)c3)CC2)cc2ccccc21. The molecule has 1 saturated heterocycles. The van der Waals surface area contributed by atoms with Crippen molar-refractivity contribution in [2.24, 2.45) is 7.05 Å². The summed E-state index contributed by atoms with van der Waals surface area (Å²) in [5, 5.41) is 10.6. The summed E-state index contributed by atoms with van der Waals surface area (Å²) >= 11 is 0. The van der Waals surface area contributed by atoms with Gasteiger partial charge in [-0.1, -0.05) is 30.3 Å². The summed E-state index contributed by atoms with van der Waals surface area (Å²) in [6, 6.07) is 16.6. The average molecular weight is 362 g/mol. The van der Waals surface area contributed by atoms with Gasteiger partial charge < -0.3 is 14.6 Å². The Morgan fingerprint density at radius 3 is 2.52 bits per heavy atom. The van der Waals surface area contributed by atoms with Gasteiger partial charge in [-0.25, -0.2) is 0 Å². The third-order valence-electron chi connectivity index (χ3n) is 5.49. The predicted molar refractivity (Wildman–Crippen MR) is 105 cm³/mol. The number of likely N-dealkylation sites (tertiary alicyclic amines) is 1. The highest BCUT2D eigenvalue weighted by Crippen LogP contribution is 2.30. The molecule has 0 spiro atoms. The van der Waals surface area contributed by atoms with Crippen LogP contribution in [0, 0.1) is 0 Å². The number of pyridine rings is 1. The van der Waals surface area contributed by atoms with Crippen LogP contribution in [0.5, 0.6) is 5.75 Å². The molecule has 0 saturated carbocycles. The predicted octanol–water partition coefficient (Wildman–Crippen LogP) is 3.26. The number of aromatic nitrogens is 1. The monoisotopic (exact) mass is 362 g/mol. The molecule has 1 aliphatic heterocycles. The van der Waals surface area contributed by atoms with Gasteiger partial charge in [0, 0.05) is 20.1 Å². The first kappa shape index (κ1) is 17.3. The lowest BCUT2D eigenvalue weighted by atomic mass is 9.89. The van der Waals surface area contributed by atoms with E-state index >= 15 is 0 Å². The summed E-state index contributed by atoms with van der Waals surface area (Å²) < 4.78 is 1.54. The molecule has 3 aromatic rings. The number of benzene rings is 2. The quantitative estimate of drug-likeness (QED) is 0.761. The van der Waals surface area contributed by atoms with Crippen LogP contribution in [-0.4, -0.2) is 33.6 Å². The molecule has 1 N–H and O–H groups in total. The van der Waals surface area contributed by atoms with Crippen LogP contribution in [0.1, 0.15) is 34.7 Å². The number of amides is 1. The van der Waals surface area contributed by atoms with Gasteiger partial charge in [0.2, 0.25) is 0 Å². The van der Waals surface area contributed by atoms with Crippen molar-refractivity contribution in [1.82, 2.24) is 9.47 Å². The summed E-state index contributed by atoms with van der Waals surface area (Å²) in [5.74, 6) is 0.391. The second-order valence-corrected chi connectivity index (χ2v) is 7.14. The molecule has 1 amide bonds. The number of para-hydroxylation sites is 1. The molecule has 0 radical (unpaired) electrons. The number of hydrogen-bond acceptors (Lipinski definition) is 3. The van der Waals surface area contributed by atoms with Gasteiger partial charge in [-0.15, -0.1) is 0 Å².